The lowest BCUT2D eigenvalue weighted by Crippen LogP contribution is -2.22. The van der Waals surface area contributed by atoms with Crippen molar-refractivity contribution in [2.75, 3.05) is 12.4 Å². The van der Waals surface area contributed by atoms with Crippen LogP contribution in [0.25, 0.3) is 0 Å². The molecule has 3 N–H and O–H groups in total. The lowest BCUT2D eigenvalue weighted by Gasteiger charge is -2.14. The van der Waals surface area contributed by atoms with Crippen LogP contribution in [0.15, 0.2) is 24.3 Å². The standard InChI is InChI=1S/C10H11BN2O4/c1-12-10(16)17-8(11)6-2-4-7(5-3-6)13-9(14)15/h2-5,8,13H,1H3,(H,12,16)(H,14,15). The van der Waals surface area contributed by atoms with Crippen molar-refractivity contribution in [1.29, 1.82) is 0 Å². The summed E-state index contributed by atoms with van der Waals surface area (Å²) in [6.07, 6.45) is -1.78. The van der Waals surface area contributed by atoms with Gasteiger partial charge in [0.25, 0.3) is 0 Å². The number of carboxylic acid groups (broad SMARTS) is 1. The van der Waals surface area contributed by atoms with Crippen LogP contribution in [0.1, 0.15) is 11.6 Å². The quantitative estimate of drug-likeness (QED) is 0.687. The monoisotopic (exact) mass is 234 g/mol. The molecule has 0 aliphatic carbocycles. The van der Waals surface area contributed by atoms with Gasteiger partial charge >= 0.3 is 12.2 Å². The molecule has 7 heteroatoms. The van der Waals surface area contributed by atoms with Gasteiger partial charge in [-0.05, 0) is 17.7 Å². The number of anilines is 1. The van der Waals surface area contributed by atoms with Gasteiger partial charge in [-0.3, -0.25) is 5.32 Å². The maximum absolute atomic E-state index is 10.9. The summed E-state index contributed by atoms with van der Waals surface area (Å²) in [5.74, 6) is 0. The molecule has 0 spiro atoms. The van der Waals surface area contributed by atoms with Gasteiger partial charge in [-0.1, -0.05) is 12.1 Å². The number of carbonyl (C=O) groups is 2. The lowest BCUT2D eigenvalue weighted by molar-refractivity contribution is 0.135. The van der Waals surface area contributed by atoms with Crippen LogP contribution in [-0.4, -0.2) is 32.2 Å². The van der Waals surface area contributed by atoms with Gasteiger partial charge in [0.15, 0.2) is 0 Å². The van der Waals surface area contributed by atoms with Crippen LogP contribution in [0.5, 0.6) is 0 Å². The van der Waals surface area contributed by atoms with Crippen molar-refractivity contribution in [2.24, 2.45) is 0 Å². The molecule has 88 valence electrons. The summed E-state index contributed by atoms with van der Waals surface area (Å²) in [6.45, 7) is 0. The highest BCUT2D eigenvalue weighted by Gasteiger charge is 2.09. The summed E-state index contributed by atoms with van der Waals surface area (Å²) in [6, 6.07) is 5.29. The van der Waals surface area contributed by atoms with Crippen molar-refractivity contribution in [1.82, 2.24) is 5.32 Å². The van der Waals surface area contributed by atoms with E-state index in [9.17, 15) is 9.59 Å². The van der Waals surface area contributed by atoms with Crippen molar-refractivity contribution in [3.8, 4) is 0 Å². The lowest BCUT2D eigenvalue weighted by atomic mass is 9.92. The number of alkyl carbamates (subject to hydrolysis) is 1. The smallest absolute Gasteiger partial charge is 0.409 e. The maximum atomic E-state index is 10.9. The second-order valence-corrected chi connectivity index (χ2v) is 3.13. The van der Waals surface area contributed by atoms with Gasteiger partial charge in [0, 0.05) is 12.7 Å². The van der Waals surface area contributed by atoms with Gasteiger partial charge in [-0.15, -0.1) is 0 Å². The second-order valence-electron chi connectivity index (χ2n) is 3.13. The number of hydrogen-bond acceptors (Lipinski definition) is 3. The molecule has 17 heavy (non-hydrogen) atoms. The fourth-order valence-corrected chi connectivity index (χ4v) is 1.12. The Morgan fingerprint density at radius 2 is 1.94 bits per heavy atom. The molecule has 1 aromatic carbocycles. The average molecular weight is 234 g/mol. The molecular formula is C10H11BN2O4. The van der Waals surface area contributed by atoms with E-state index in [-0.39, 0.29) is 0 Å². The van der Waals surface area contributed by atoms with Crippen molar-refractivity contribution in [3.63, 3.8) is 0 Å². The number of hydrogen-bond donors (Lipinski definition) is 3. The molecular weight excluding hydrogens is 223 g/mol. The highest BCUT2D eigenvalue weighted by molar-refractivity contribution is 6.12. The molecule has 0 bridgehead atoms. The SMILES string of the molecule is [B]C(OC(=O)NC)c1ccc(NC(=O)O)cc1. The molecule has 0 aromatic heterocycles. The number of amides is 2. The minimum Gasteiger partial charge on any atom is -0.465 e. The van der Waals surface area contributed by atoms with E-state index in [1.165, 1.54) is 19.2 Å². The Kier molecular flexibility index (Phi) is 4.39. The van der Waals surface area contributed by atoms with Crippen LogP contribution in [0, 0.1) is 0 Å². The topological polar surface area (TPSA) is 87.7 Å². The Bertz CT molecular complexity index is 407. The van der Waals surface area contributed by atoms with E-state index in [0.717, 1.165) is 0 Å². The molecule has 6 nitrogen and oxygen atoms in total. The van der Waals surface area contributed by atoms with E-state index >= 15 is 0 Å². The Balaban J connectivity index is 2.66. The van der Waals surface area contributed by atoms with Crippen LogP contribution in [0.3, 0.4) is 0 Å². The van der Waals surface area contributed by atoms with Crippen LogP contribution >= 0.6 is 0 Å². The molecule has 1 atom stereocenters. The van der Waals surface area contributed by atoms with Crippen LogP contribution < -0.4 is 10.6 Å². The number of nitrogens with one attached hydrogen (secondary N) is 2. The first-order valence-electron chi connectivity index (χ1n) is 4.77. The fraction of sp³-hybridized carbons (Fsp3) is 0.200. The van der Waals surface area contributed by atoms with E-state index in [1.807, 2.05) is 0 Å². The molecule has 0 aliphatic heterocycles. The average Bonchev–Trinajstić information content (AvgIpc) is 2.28. The Hall–Kier alpha value is -2.18. The Labute approximate surface area is 99.4 Å². The first-order valence-corrected chi connectivity index (χ1v) is 4.77. The zero-order valence-corrected chi connectivity index (χ0v) is 9.14. The van der Waals surface area contributed by atoms with E-state index in [4.69, 9.17) is 17.7 Å². The third kappa shape index (κ3) is 4.06. The summed E-state index contributed by atoms with van der Waals surface area (Å²) in [5.41, 5.74) is 0.970. The van der Waals surface area contributed by atoms with Crippen molar-refractivity contribution in [2.45, 2.75) is 6.00 Å². The fourth-order valence-electron chi connectivity index (χ4n) is 1.12. The summed E-state index contributed by atoms with van der Waals surface area (Å²) in [4.78, 5) is 21.3. The first-order chi connectivity index (χ1) is 8.02. The van der Waals surface area contributed by atoms with Crippen LogP contribution in [0.4, 0.5) is 15.3 Å². The van der Waals surface area contributed by atoms with Gasteiger partial charge in [0.05, 0.1) is 6.00 Å². The third-order valence-electron chi connectivity index (χ3n) is 1.93. The number of ether oxygens (including phenoxy) is 1. The van der Waals surface area contributed by atoms with Crippen LogP contribution in [0.2, 0.25) is 0 Å². The highest BCUT2D eigenvalue weighted by atomic mass is 16.6. The van der Waals surface area contributed by atoms with Gasteiger partial charge in [-0.2, -0.15) is 0 Å². The molecule has 2 amide bonds. The Morgan fingerprint density at radius 1 is 1.35 bits per heavy atom. The van der Waals surface area contributed by atoms with Crippen molar-refractivity contribution < 1.29 is 19.4 Å². The third-order valence-corrected chi connectivity index (χ3v) is 1.93. The predicted molar refractivity (Wildman–Crippen MR) is 62.1 cm³/mol. The zero-order valence-electron chi connectivity index (χ0n) is 9.14. The van der Waals surface area contributed by atoms with Gasteiger partial charge in [-0.25, -0.2) is 9.59 Å². The molecule has 0 saturated heterocycles. The molecule has 2 radical (unpaired) electrons. The predicted octanol–water partition coefficient (Wildman–Crippen LogP) is 1.30. The number of rotatable bonds is 3. The Morgan fingerprint density at radius 3 is 2.41 bits per heavy atom. The molecule has 1 rings (SSSR count). The van der Waals surface area contributed by atoms with E-state index in [1.54, 1.807) is 12.1 Å². The molecule has 1 aromatic rings. The largest absolute Gasteiger partial charge is 0.465 e. The molecule has 1 unspecified atom stereocenters. The maximum Gasteiger partial charge on any atom is 0.409 e. The van der Waals surface area contributed by atoms with Gasteiger partial charge in [0.1, 0.15) is 7.85 Å². The van der Waals surface area contributed by atoms with E-state index < -0.39 is 18.2 Å². The second kappa shape index (κ2) is 5.79. The molecule has 0 fully saturated rings. The van der Waals surface area contributed by atoms with E-state index in [0.29, 0.717) is 11.3 Å². The highest BCUT2D eigenvalue weighted by Crippen LogP contribution is 2.17. The molecule has 0 heterocycles. The summed E-state index contributed by atoms with van der Waals surface area (Å²) >= 11 is 0. The number of carbonyl (C=O) groups excluding carboxylic acids is 1. The summed E-state index contributed by atoms with van der Waals surface area (Å²) in [7, 11) is 7.03. The molecule has 0 aliphatic rings. The minimum absolute atomic E-state index is 0.411. The summed E-state index contributed by atoms with van der Waals surface area (Å²) in [5, 5.41) is 12.9. The molecule has 0 saturated carbocycles. The van der Waals surface area contributed by atoms with Gasteiger partial charge < -0.3 is 15.2 Å². The van der Waals surface area contributed by atoms with E-state index in [2.05, 4.69) is 10.6 Å². The first kappa shape index (κ1) is 12.9. The van der Waals surface area contributed by atoms with Gasteiger partial charge in [0.2, 0.25) is 0 Å². The van der Waals surface area contributed by atoms with Crippen molar-refractivity contribution >= 4 is 25.7 Å². The van der Waals surface area contributed by atoms with Crippen molar-refractivity contribution in [3.05, 3.63) is 29.8 Å². The normalized spacial score (nSPS) is 11.4. The summed E-state index contributed by atoms with van der Waals surface area (Å²) < 4.78 is 4.80. The minimum atomic E-state index is -1.15. The number of benzene rings is 1. The zero-order chi connectivity index (χ0) is 12.8. The van der Waals surface area contributed by atoms with Crippen LogP contribution in [-0.2, 0) is 4.74 Å².